The van der Waals surface area contributed by atoms with Gasteiger partial charge in [0, 0.05) is 19.0 Å². The van der Waals surface area contributed by atoms with Crippen LogP contribution in [0.5, 0.6) is 0 Å². The van der Waals surface area contributed by atoms with E-state index in [-0.39, 0.29) is 0 Å². The van der Waals surface area contributed by atoms with E-state index in [1.807, 2.05) is 0 Å². The van der Waals surface area contributed by atoms with Crippen molar-refractivity contribution < 1.29 is 9.47 Å². The van der Waals surface area contributed by atoms with Crippen LogP contribution in [0.15, 0.2) is 0 Å². The monoisotopic (exact) mass is 250 g/mol. The zero-order chi connectivity index (χ0) is 9.52. The summed E-state index contributed by atoms with van der Waals surface area (Å²) in [5.41, 5.74) is 0. The zero-order valence-corrected chi connectivity index (χ0v) is 9.88. The lowest BCUT2D eigenvalue weighted by atomic mass is 9.95. The maximum absolute atomic E-state index is 5.75. The predicted octanol–water partition coefficient (Wildman–Crippen LogP) is 2.75. The summed E-state index contributed by atoms with van der Waals surface area (Å²) in [4.78, 5) is 0. The van der Waals surface area contributed by atoms with Gasteiger partial charge in [-0.15, -0.1) is 0 Å². The van der Waals surface area contributed by atoms with E-state index in [9.17, 15) is 0 Å². The Labute approximate surface area is 89.1 Å². The Morgan fingerprint density at radius 1 is 1.31 bits per heavy atom. The highest BCUT2D eigenvalue weighted by atomic mass is 79.9. The summed E-state index contributed by atoms with van der Waals surface area (Å²) >= 11 is 3.40. The van der Waals surface area contributed by atoms with Crippen LogP contribution in [-0.2, 0) is 9.47 Å². The smallest absolute Gasteiger partial charge is 0.0599 e. The quantitative estimate of drug-likeness (QED) is 0.552. The van der Waals surface area contributed by atoms with Crippen molar-refractivity contribution in [1.29, 1.82) is 0 Å². The van der Waals surface area contributed by atoms with Gasteiger partial charge in [0.05, 0.1) is 12.2 Å². The van der Waals surface area contributed by atoms with Crippen molar-refractivity contribution in [3.63, 3.8) is 0 Å². The van der Waals surface area contributed by atoms with Gasteiger partial charge in [0.25, 0.3) is 0 Å². The van der Waals surface area contributed by atoms with Gasteiger partial charge in [-0.1, -0.05) is 15.9 Å². The molecule has 0 spiro atoms. The molecule has 1 saturated carbocycles. The molecule has 0 amide bonds. The molecule has 2 atom stereocenters. The molecular weight excluding hydrogens is 232 g/mol. The highest BCUT2D eigenvalue weighted by Crippen LogP contribution is 2.23. The molecule has 0 heterocycles. The van der Waals surface area contributed by atoms with E-state index in [2.05, 4.69) is 15.9 Å². The summed E-state index contributed by atoms with van der Waals surface area (Å²) in [6.45, 7) is 0.881. The van der Waals surface area contributed by atoms with Crippen LogP contribution in [0, 0.1) is 0 Å². The van der Waals surface area contributed by atoms with Gasteiger partial charge in [-0.25, -0.2) is 0 Å². The van der Waals surface area contributed by atoms with Gasteiger partial charge in [0.15, 0.2) is 0 Å². The summed E-state index contributed by atoms with van der Waals surface area (Å²) in [5, 5.41) is 1.04. The van der Waals surface area contributed by atoms with Crippen molar-refractivity contribution in [1.82, 2.24) is 0 Å². The molecule has 1 fully saturated rings. The first-order chi connectivity index (χ1) is 6.36. The van der Waals surface area contributed by atoms with Gasteiger partial charge in [-0.2, -0.15) is 0 Å². The van der Waals surface area contributed by atoms with E-state index in [1.54, 1.807) is 7.11 Å². The first-order valence-corrected chi connectivity index (χ1v) is 6.19. The second-order valence-corrected chi connectivity index (χ2v) is 4.35. The van der Waals surface area contributed by atoms with E-state index in [0.29, 0.717) is 12.2 Å². The third-order valence-electron chi connectivity index (χ3n) is 2.54. The third-order valence-corrected chi connectivity index (χ3v) is 3.10. The first-order valence-electron chi connectivity index (χ1n) is 5.07. The minimum absolute atomic E-state index is 0.433. The molecule has 0 saturated heterocycles. The SMILES string of the molecule is COC1CCCC(OCCCBr)C1. The highest BCUT2D eigenvalue weighted by molar-refractivity contribution is 9.09. The second kappa shape index (κ2) is 6.80. The summed E-state index contributed by atoms with van der Waals surface area (Å²) in [6, 6.07) is 0. The molecule has 0 bridgehead atoms. The van der Waals surface area contributed by atoms with E-state index in [1.165, 1.54) is 19.3 Å². The number of hydrogen-bond acceptors (Lipinski definition) is 2. The van der Waals surface area contributed by atoms with Gasteiger partial charge < -0.3 is 9.47 Å². The molecule has 0 aromatic carbocycles. The van der Waals surface area contributed by atoms with Crippen LogP contribution >= 0.6 is 15.9 Å². The van der Waals surface area contributed by atoms with E-state index < -0.39 is 0 Å². The number of rotatable bonds is 5. The van der Waals surface area contributed by atoms with Crippen molar-refractivity contribution in [3.05, 3.63) is 0 Å². The molecule has 2 unspecified atom stereocenters. The van der Waals surface area contributed by atoms with Crippen LogP contribution in [0.4, 0.5) is 0 Å². The van der Waals surface area contributed by atoms with Crippen LogP contribution in [0.2, 0.25) is 0 Å². The highest BCUT2D eigenvalue weighted by Gasteiger charge is 2.21. The van der Waals surface area contributed by atoms with Gasteiger partial charge in [-0.05, 0) is 32.1 Å². The van der Waals surface area contributed by atoms with Gasteiger partial charge in [0.1, 0.15) is 0 Å². The lowest BCUT2D eigenvalue weighted by Gasteiger charge is -2.28. The van der Waals surface area contributed by atoms with E-state index >= 15 is 0 Å². The number of ether oxygens (including phenoxy) is 2. The topological polar surface area (TPSA) is 18.5 Å². The normalized spacial score (nSPS) is 29.1. The van der Waals surface area contributed by atoms with Gasteiger partial charge in [-0.3, -0.25) is 0 Å². The van der Waals surface area contributed by atoms with Crippen molar-refractivity contribution in [2.45, 2.75) is 44.3 Å². The first kappa shape index (κ1) is 11.5. The Morgan fingerprint density at radius 3 is 2.77 bits per heavy atom. The maximum atomic E-state index is 5.75. The Morgan fingerprint density at radius 2 is 2.08 bits per heavy atom. The third kappa shape index (κ3) is 4.43. The van der Waals surface area contributed by atoms with Crippen molar-refractivity contribution in [2.24, 2.45) is 0 Å². The van der Waals surface area contributed by atoms with E-state index in [4.69, 9.17) is 9.47 Å². The second-order valence-electron chi connectivity index (χ2n) is 3.56. The van der Waals surface area contributed by atoms with Crippen LogP contribution in [0.3, 0.4) is 0 Å². The molecule has 0 aromatic heterocycles. The number of alkyl halides is 1. The van der Waals surface area contributed by atoms with Crippen molar-refractivity contribution in [3.8, 4) is 0 Å². The molecule has 0 aliphatic heterocycles. The Balaban J connectivity index is 2.11. The van der Waals surface area contributed by atoms with Crippen LogP contribution in [-0.4, -0.2) is 31.3 Å². The summed E-state index contributed by atoms with van der Waals surface area (Å²) < 4.78 is 11.1. The van der Waals surface area contributed by atoms with Crippen LogP contribution < -0.4 is 0 Å². The minimum Gasteiger partial charge on any atom is -0.381 e. The minimum atomic E-state index is 0.433. The lowest BCUT2D eigenvalue weighted by Crippen LogP contribution is -2.27. The standard InChI is InChI=1S/C10H19BrO2/c1-12-9-4-2-5-10(8-9)13-7-3-6-11/h9-10H,2-8H2,1H3. The molecule has 0 N–H and O–H groups in total. The maximum Gasteiger partial charge on any atom is 0.0599 e. The van der Waals surface area contributed by atoms with Crippen molar-refractivity contribution in [2.75, 3.05) is 19.0 Å². The molecule has 1 aliphatic carbocycles. The predicted molar refractivity (Wildman–Crippen MR) is 57.4 cm³/mol. The Bertz CT molecular complexity index is 130. The van der Waals surface area contributed by atoms with Gasteiger partial charge >= 0.3 is 0 Å². The van der Waals surface area contributed by atoms with E-state index in [0.717, 1.165) is 24.8 Å². The molecule has 1 rings (SSSR count). The number of halogens is 1. The summed E-state index contributed by atoms with van der Waals surface area (Å²) in [6.07, 6.45) is 6.72. The van der Waals surface area contributed by atoms with Gasteiger partial charge in [0.2, 0.25) is 0 Å². The van der Waals surface area contributed by atoms with Crippen LogP contribution in [0.25, 0.3) is 0 Å². The molecular formula is C10H19BrO2. The lowest BCUT2D eigenvalue weighted by molar-refractivity contribution is -0.0288. The number of methoxy groups -OCH3 is 1. The molecule has 1 aliphatic rings. The summed E-state index contributed by atoms with van der Waals surface area (Å²) in [5.74, 6) is 0. The fourth-order valence-electron chi connectivity index (χ4n) is 1.77. The molecule has 0 aromatic rings. The van der Waals surface area contributed by atoms with Crippen LogP contribution in [0.1, 0.15) is 32.1 Å². The zero-order valence-electron chi connectivity index (χ0n) is 8.30. The average molecular weight is 251 g/mol. The molecule has 0 radical (unpaired) electrons. The Kier molecular flexibility index (Phi) is 6.00. The molecule has 2 nitrogen and oxygen atoms in total. The fraction of sp³-hybridized carbons (Fsp3) is 1.00. The molecule has 78 valence electrons. The largest absolute Gasteiger partial charge is 0.381 e. The number of hydrogen-bond donors (Lipinski definition) is 0. The van der Waals surface area contributed by atoms with Crippen molar-refractivity contribution >= 4 is 15.9 Å². The Hall–Kier alpha value is 0.400. The summed E-state index contributed by atoms with van der Waals surface area (Å²) in [7, 11) is 1.80. The molecule has 3 heteroatoms. The molecule has 13 heavy (non-hydrogen) atoms. The average Bonchev–Trinajstić information content (AvgIpc) is 2.19. The fourth-order valence-corrected chi connectivity index (χ4v) is 2.00.